The largest absolute Gasteiger partial charge is 0.396 e. The maximum absolute atomic E-state index is 6.00. The Morgan fingerprint density at radius 2 is 1.80 bits per heavy atom. The second kappa shape index (κ2) is 4.67. The molecular formula is C17H19N3. The van der Waals surface area contributed by atoms with E-state index in [2.05, 4.69) is 45.0 Å². The van der Waals surface area contributed by atoms with Crippen LogP contribution >= 0.6 is 0 Å². The summed E-state index contributed by atoms with van der Waals surface area (Å²) < 4.78 is 2.04. The summed E-state index contributed by atoms with van der Waals surface area (Å²) in [7, 11) is 0. The topological polar surface area (TPSA) is 43.3 Å². The number of benzene rings is 1. The first-order valence-corrected chi connectivity index (χ1v) is 6.91. The standard InChI is InChI=1S/C17H19N3/c1-11(2)13-6-8-14(9-7-13)16-12(3)20-10-4-5-15(18)17(20)19-16/h4-11H,18H2,1-3H3. The minimum absolute atomic E-state index is 0.543. The van der Waals surface area contributed by atoms with E-state index in [1.807, 2.05) is 22.7 Å². The van der Waals surface area contributed by atoms with Crippen molar-refractivity contribution in [2.75, 3.05) is 5.73 Å². The van der Waals surface area contributed by atoms with Crippen LogP contribution < -0.4 is 5.73 Å². The van der Waals surface area contributed by atoms with Crippen molar-refractivity contribution in [2.45, 2.75) is 26.7 Å². The summed E-state index contributed by atoms with van der Waals surface area (Å²) in [6.45, 7) is 6.48. The maximum atomic E-state index is 6.00. The number of rotatable bonds is 2. The first-order valence-electron chi connectivity index (χ1n) is 6.91. The fourth-order valence-corrected chi connectivity index (χ4v) is 2.51. The van der Waals surface area contributed by atoms with Gasteiger partial charge in [-0.3, -0.25) is 0 Å². The molecule has 0 atom stereocenters. The Kier molecular flexibility index (Phi) is 2.97. The van der Waals surface area contributed by atoms with Crippen LogP contribution in [0.15, 0.2) is 42.6 Å². The summed E-state index contributed by atoms with van der Waals surface area (Å²) >= 11 is 0. The second-order valence-electron chi connectivity index (χ2n) is 5.48. The molecule has 3 heteroatoms. The van der Waals surface area contributed by atoms with E-state index in [9.17, 15) is 0 Å². The van der Waals surface area contributed by atoms with Gasteiger partial charge in [0.15, 0.2) is 5.65 Å². The summed E-state index contributed by atoms with van der Waals surface area (Å²) in [6.07, 6.45) is 2.00. The van der Waals surface area contributed by atoms with E-state index in [0.717, 1.165) is 22.6 Å². The van der Waals surface area contributed by atoms with Crippen molar-refractivity contribution in [3.8, 4) is 11.3 Å². The van der Waals surface area contributed by atoms with E-state index < -0.39 is 0 Å². The molecule has 0 aliphatic heterocycles. The van der Waals surface area contributed by atoms with E-state index in [1.54, 1.807) is 0 Å². The molecule has 0 fully saturated rings. The molecule has 3 rings (SSSR count). The normalized spacial score (nSPS) is 11.4. The Labute approximate surface area is 119 Å². The van der Waals surface area contributed by atoms with Gasteiger partial charge in [-0.25, -0.2) is 4.98 Å². The zero-order chi connectivity index (χ0) is 14.3. The number of hydrogen-bond donors (Lipinski definition) is 1. The van der Waals surface area contributed by atoms with Gasteiger partial charge in [0.25, 0.3) is 0 Å². The van der Waals surface area contributed by atoms with E-state index in [4.69, 9.17) is 10.7 Å². The van der Waals surface area contributed by atoms with Crippen molar-refractivity contribution in [3.05, 3.63) is 53.9 Å². The van der Waals surface area contributed by atoms with Gasteiger partial charge in [0.05, 0.1) is 11.4 Å². The van der Waals surface area contributed by atoms with Crippen molar-refractivity contribution in [2.24, 2.45) is 0 Å². The van der Waals surface area contributed by atoms with Gasteiger partial charge in [0, 0.05) is 17.5 Å². The molecule has 102 valence electrons. The van der Waals surface area contributed by atoms with Crippen molar-refractivity contribution in [1.29, 1.82) is 0 Å². The van der Waals surface area contributed by atoms with Crippen LogP contribution in [0.4, 0.5) is 5.69 Å². The lowest BCUT2D eigenvalue weighted by molar-refractivity contribution is 0.867. The highest BCUT2D eigenvalue weighted by Crippen LogP contribution is 2.27. The van der Waals surface area contributed by atoms with Crippen LogP contribution in [0.3, 0.4) is 0 Å². The molecule has 2 N–H and O–H groups in total. The van der Waals surface area contributed by atoms with Crippen LogP contribution in [0.25, 0.3) is 16.9 Å². The van der Waals surface area contributed by atoms with E-state index >= 15 is 0 Å². The molecule has 3 nitrogen and oxygen atoms in total. The molecular weight excluding hydrogens is 246 g/mol. The molecule has 3 aromatic rings. The SMILES string of the molecule is Cc1c(-c2ccc(C(C)C)cc2)nc2c(N)cccn12. The second-order valence-corrected chi connectivity index (χ2v) is 5.48. The maximum Gasteiger partial charge on any atom is 0.160 e. The van der Waals surface area contributed by atoms with Gasteiger partial charge in [0.1, 0.15) is 0 Å². The lowest BCUT2D eigenvalue weighted by Gasteiger charge is -2.06. The number of fused-ring (bicyclic) bond motifs is 1. The number of nitrogen functional groups attached to an aromatic ring is 1. The van der Waals surface area contributed by atoms with Gasteiger partial charge in [-0.2, -0.15) is 0 Å². The Hall–Kier alpha value is -2.29. The Morgan fingerprint density at radius 1 is 1.10 bits per heavy atom. The third-order valence-electron chi connectivity index (χ3n) is 3.77. The van der Waals surface area contributed by atoms with Crippen LogP contribution in [-0.2, 0) is 0 Å². The Bertz CT molecular complexity index is 752. The first-order chi connectivity index (χ1) is 9.58. The van der Waals surface area contributed by atoms with Crippen molar-refractivity contribution < 1.29 is 0 Å². The molecule has 20 heavy (non-hydrogen) atoms. The number of nitrogens with two attached hydrogens (primary N) is 1. The number of pyridine rings is 1. The first kappa shape index (κ1) is 12.7. The molecule has 2 heterocycles. The van der Waals surface area contributed by atoms with Crippen LogP contribution in [-0.4, -0.2) is 9.38 Å². The van der Waals surface area contributed by atoms with Gasteiger partial charge >= 0.3 is 0 Å². The zero-order valence-electron chi connectivity index (χ0n) is 12.1. The summed E-state index contributed by atoms with van der Waals surface area (Å²) in [5.41, 5.74) is 12.1. The predicted molar refractivity (Wildman–Crippen MR) is 83.9 cm³/mol. The van der Waals surface area contributed by atoms with Crippen LogP contribution in [0.2, 0.25) is 0 Å². The number of anilines is 1. The highest BCUT2D eigenvalue weighted by atomic mass is 15.0. The molecule has 0 unspecified atom stereocenters. The average molecular weight is 265 g/mol. The quantitative estimate of drug-likeness (QED) is 0.760. The highest BCUT2D eigenvalue weighted by Gasteiger charge is 2.12. The summed E-state index contributed by atoms with van der Waals surface area (Å²) in [4.78, 5) is 4.69. The molecule has 2 aromatic heterocycles. The third kappa shape index (κ3) is 1.95. The number of imidazole rings is 1. The molecule has 1 aromatic carbocycles. The molecule has 0 bridgehead atoms. The minimum atomic E-state index is 0.543. The Morgan fingerprint density at radius 3 is 2.40 bits per heavy atom. The van der Waals surface area contributed by atoms with Gasteiger partial charge in [-0.1, -0.05) is 38.1 Å². The van der Waals surface area contributed by atoms with E-state index in [1.165, 1.54) is 5.56 Å². The fourth-order valence-electron chi connectivity index (χ4n) is 2.51. The van der Waals surface area contributed by atoms with Gasteiger partial charge in [-0.05, 0) is 30.5 Å². The number of aromatic nitrogens is 2. The van der Waals surface area contributed by atoms with Gasteiger partial charge in [0.2, 0.25) is 0 Å². The number of nitrogens with zero attached hydrogens (tertiary/aromatic N) is 2. The molecule has 0 aliphatic carbocycles. The summed E-state index contributed by atoms with van der Waals surface area (Å²) in [5, 5.41) is 0. The number of hydrogen-bond acceptors (Lipinski definition) is 2. The van der Waals surface area contributed by atoms with Crippen LogP contribution in [0.1, 0.15) is 31.0 Å². The molecule has 0 saturated heterocycles. The monoisotopic (exact) mass is 265 g/mol. The molecule has 0 saturated carbocycles. The van der Waals surface area contributed by atoms with Gasteiger partial charge in [-0.15, -0.1) is 0 Å². The van der Waals surface area contributed by atoms with E-state index in [0.29, 0.717) is 11.6 Å². The van der Waals surface area contributed by atoms with Crippen molar-refractivity contribution >= 4 is 11.3 Å². The lowest BCUT2D eigenvalue weighted by atomic mass is 10.0. The minimum Gasteiger partial charge on any atom is -0.396 e. The van der Waals surface area contributed by atoms with Crippen molar-refractivity contribution in [3.63, 3.8) is 0 Å². The summed E-state index contributed by atoms with van der Waals surface area (Å²) in [6, 6.07) is 12.5. The smallest absolute Gasteiger partial charge is 0.160 e. The summed E-state index contributed by atoms with van der Waals surface area (Å²) in [5.74, 6) is 0.543. The fraction of sp³-hybridized carbons (Fsp3) is 0.235. The highest BCUT2D eigenvalue weighted by molar-refractivity contribution is 5.73. The lowest BCUT2D eigenvalue weighted by Crippen LogP contribution is -1.92. The molecule has 0 aliphatic rings. The van der Waals surface area contributed by atoms with Gasteiger partial charge < -0.3 is 10.1 Å². The molecule has 0 amide bonds. The zero-order valence-corrected chi connectivity index (χ0v) is 12.1. The predicted octanol–water partition coefficient (Wildman–Crippen LogP) is 4.02. The number of aryl methyl sites for hydroxylation is 1. The third-order valence-corrected chi connectivity index (χ3v) is 3.77. The van der Waals surface area contributed by atoms with Crippen LogP contribution in [0, 0.1) is 6.92 Å². The average Bonchev–Trinajstić information content (AvgIpc) is 2.78. The molecule has 0 radical (unpaired) electrons. The Balaban J connectivity index is 2.14. The van der Waals surface area contributed by atoms with Crippen LogP contribution in [0.5, 0.6) is 0 Å². The molecule has 0 spiro atoms. The van der Waals surface area contributed by atoms with Crippen molar-refractivity contribution in [1.82, 2.24) is 9.38 Å². The van der Waals surface area contributed by atoms with E-state index in [-0.39, 0.29) is 0 Å².